The average molecular weight is 352 g/mol. The molecule has 1 amide bonds. The number of likely N-dealkylation sites (tertiary alicyclic amines) is 2. The Balaban J connectivity index is 1.21. The third kappa shape index (κ3) is 2.82. The molecule has 2 aromatic rings. The number of fused-ring (bicyclic) bond motifs is 2. The van der Waals surface area contributed by atoms with Gasteiger partial charge in [-0.25, -0.2) is 4.98 Å². The van der Waals surface area contributed by atoms with E-state index in [1.54, 1.807) is 6.20 Å². The van der Waals surface area contributed by atoms with Crippen molar-refractivity contribution in [3.05, 3.63) is 36.3 Å². The van der Waals surface area contributed by atoms with Crippen LogP contribution in [0.1, 0.15) is 49.0 Å². The molecule has 2 aromatic heterocycles. The van der Waals surface area contributed by atoms with E-state index in [-0.39, 0.29) is 5.91 Å². The van der Waals surface area contributed by atoms with Crippen LogP contribution in [-0.4, -0.2) is 57.3 Å². The van der Waals surface area contributed by atoms with Crippen molar-refractivity contribution in [2.75, 3.05) is 26.2 Å². The number of hydrogen-bond acceptors (Lipinski definition) is 3. The molecule has 3 aliphatic rings. The first-order valence-electron chi connectivity index (χ1n) is 10.2. The molecule has 0 N–H and O–H groups in total. The van der Waals surface area contributed by atoms with Gasteiger partial charge in [-0.05, 0) is 37.3 Å². The van der Waals surface area contributed by atoms with Crippen LogP contribution in [0.3, 0.4) is 0 Å². The number of aromatic nitrogens is 2. The van der Waals surface area contributed by atoms with E-state index in [4.69, 9.17) is 0 Å². The molecule has 2 aliphatic heterocycles. The van der Waals surface area contributed by atoms with Crippen molar-refractivity contribution in [3.63, 3.8) is 0 Å². The molecule has 5 rings (SSSR count). The maximum absolute atomic E-state index is 13.0. The highest BCUT2D eigenvalue weighted by Gasteiger charge is 2.44. The number of carbonyl (C=O) groups is 1. The highest BCUT2D eigenvalue weighted by Crippen LogP contribution is 2.35. The Kier molecular flexibility index (Phi) is 4.20. The molecule has 0 spiro atoms. The summed E-state index contributed by atoms with van der Waals surface area (Å²) >= 11 is 0. The van der Waals surface area contributed by atoms with Gasteiger partial charge in [0.2, 0.25) is 0 Å². The van der Waals surface area contributed by atoms with E-state index >= 15 is 0 Å². The van der Waals surface area contributed by atoms with Gasteiger partial charge >= 0.3 is 0 Å². The highest BCUT2D eigenvalue weighted by atomic mass is 16.2. The van der Waals surface area contributed by atoms with Gasteiger partial charge in [-0.3, -0.25) is 14.1 Å². The van der Waals surface area contributed by atoms with Gasteiger partial charge in [-0.15, -0.1) is 0 Å². The van der Waals surface area contributed by atoms with Crippen molar-refractivity contribution < 1.29 is 4.79 Å². The minimum absolute atomic E-state index is 0.132. The molecule has 26 heavy (non-hydrogen) atoms. The minimum atomic E-state index is 0.132. The third-order valence-electron chi connectivity index (χ3n) is 6.77. The Morgan fingerprint density at radius 3 is 2.85 bits per heavy atom. The number of imidazole rings is 1. The largest absolute Gasteiger partial charge is 0.337 e. The molecule has 3 fully saturated rings. The molecule has 5 heteroatoms. The Labute approximate surface area is 155 Å². The molecule has 4 heterocycles. The van der Waals surface area contributed by atoms with E-state index in [0.717, 1.165) is 31.1 Å². The van der Waals surface area contributed by atoms with Gasteiger partial charge in [-0.1, -0.05) is 25.3 Å². The smallest absolute Gasteiger partial charge is 0.272 e. The van der Waals surface area contributed by atoms with Crippen molar-refractivity contribution >= 4 is 11.6 Å². The zero-order valence-electron chi connectivity index (χ0n) is 15.4. The van der Waals surface area contributed by atoms with Gasteiger partial charge < -0.3 is 4.90 Å². The number of rotatable bonds is 3. The second-order valence-electron chi connectivity index (χ2n) is 8.40. The standard InChI is InChI=1S/C21H28N4O/c26-21(19-12-22-20-8-4-5-10-25(19)20)23-11-9-18-17(14-23)15-24(18)13-16-6-2-1-3-7-16/h4-5,8,10,12,16-18H,1-3,6-7,9,11,13-15H2/t17-,18-/m0/s1. The van der Waals surface area contributed by atoms with E-state index in [0.29, 0.717) is 17.7 Å². The Hall–Kier alpha value is -1.88. The SMILES string of the molecule is O=C(c1cnc2ccccn12)N1CC[C@H]2[C@@H](C1)CN2CC1CCCCC1. The van der Waals surface area contributed by atoms with Crippen LogP contribution >= 0.6 is 0 Å². The number of nitrogens with zero attached hydrogens (tertiary/aromatic N) is 4. The van der Waals surface area contributed by atoms with Crippen LogP contribution < -0.4 is 0 Å². The predicted octanol–water partition coefficient (Wildman–Crippen LogP) is 3.06. The maximum atomic E-state index is 13.0. The molecule has 2 atom stereocenters. The van der Waals surface area contributed by atoms with Crippen LogP contribution in [0.15, 0.2) is 30.6 Å². The Morgan fingerprint density at radius 1 is 1.12 bits per heavy atom. The molecule has 0 unspecified atom stereocenters. The summed E-state index contributed by atoms with van der Waals surface area (Å²) in [5.41, 5.74) is 1.53. The van der Waals surface area contributed by atoms with Gasteiger partial charge in [-0.2, -0.15) is 0 Å². The highest BCUT2D eigenvalue weighted by molar-refractivity contribution is 5.93. The zero-order valence-corrected chi connectivity index (χ0v) is 15.4. The van der Waals surface area contributed by atoms with Crippen molar-refractivity contribution in [1.82, 2.24) is 19.2 Å². The Bertz CT molecular complexity index is 794. The number of piperidine rings is 1. The summed E-state index contributed by atoms with van der Waals surface area (Å²) in [5.74, 6) is 1.71. The van der Waals surface area contributed by atoms with Crippen LogP contribution in [0.25, 0.3) is 5.65 Å². The molecule has 2 saturated heterocycles. The second kappa shape index (κ2) is 6.69. The second-order valence-corrected chi connectivity index (χ2v) is 8.40. The van der Waals surface area contributed by atoms with Gasteiger partial charge in [0, 0.05) is 44.3 Å². The van der Waals surface area contributed by atoms with Crippen molar-refractivity contribution in [2.45, 2.75) is 44.6 Å². The number of amides is 1. The molecule has 5 nitrogen and oxygen atoms in total. The minimum Gasteiger partial charge on any atom is -0.337 e. The lowest BCUT2D eigenvalue weighted by Gasteiger charge is -2.54. The summed E-state index contributed by atoms with van der Waals surface area (Å²) in [6, 6.07) is 6.56. The van der Waals surface area contributed by atoms with Gasteiger partial charge in [0.1, 0.15) is 11.3 Å². The Morgan fingerprint density at radius 2 is 2.00 bits per heavy atom. The fourth-order valence-corrected chi connectivity index (χ4v) is 5.33. The first-order valence-corrected chi connectivity index (χ1v) is 10.2. The van der Waals surface area contributed by atoms with E-state index in [1.807, 2.05) is 28.8 Å². The van der Waals surface area contributed by atoms with Crippen LogP contribution in [0.5, 0.6) is 0 Å². The number of pyridine rings is 1. The topological polar surface area (TPSA) is 40.9 Å². The number of hydrogen-bond donors (Lipinski definition) is 0. The monoisotopic (exact) mass is 352 g/mol. The van der Waals surface area contributed by atoms with Gasteiger partial charge in [0.15, 0.2) is 0 Å². The first kappa shape index (κ1) is 16.3. The molecule has 0 bridgehead atoms. The lowest BCUT2D eigenvalue weighted by molar-refractivity contribution is -0.0473. The molecular formula is C21H28N4O. The molecule has 138 valence electrons. The molecule has 1 saturated carbocycles. The summed E-state index contributed by atoms with van der Waals surface area (Å²) < 4.78 is 1.91. The zero-order chi connectivity index (χ0) is 17.5. The van der Waals surface area contributed by atoms with Crippen molar-refractivity contribution in [2.24, 2.45) is 11.8 Å². The van der Waals surface area contributed by atoms with Crippen molar-refractivity contribution in [1.29, 1.82) is 0 Å². The lowest BCUT2D eigenvalue weighted by atomic mass is 9.80. The summed E-state index contributed by atoms with van der Waals surface area (Å²) in [6.45, 7) is 4.26. The molecule has 0 radical (unpaired) electrons. The van der Waals surface area contributed by atoms with E-state index in [1.165, 1.54) is 45.2 Å². The van der Waals surface area contributed by atoms with Crippen molar-refractivity contribution in [3.8, 4) is 0 Å². The fraction of sp³-hybridized carbons (Fsp3) is 0.619. The van der Waals surface area contributed by atoms with Crippen LogP contribution in [0.4, 0.5) is 0 Å². The van der Waals surface area contributed by atoms with Crippen LogP contribution in [-0.2, 0) is 0 Å². The summed E-state index contributed by atoms with van der Waals surface area (Å²) in [6.07, 6.45) is 11.9. The van der Waals surface area contributed by atoms with Gasteiger partial charge in [0.05, 0.1) is 6.20 Å². The molecular weight excluding hydrogens is 324 g/mol. The quantitative estimate of drug-likeness (QED) is 0.852. The summed E-state index contributed by atoms with van der Waals surface area (Å²) in [5, 5.41) is 0. The summed E-state index contributed by atoms with van der Waals surface area (Å²) in [7, 11) is 0. The number of carbonyl (C=O) groups excluding carboxylic acids is 1. The van der Waals surface area contributed by atoms with E-state index < -0.39 is 0 Å². The van der Waals surface area contributed by atoms with Gasteiger partial charge in [0.25, 0.3) is 5.91 Å². The van der Waals surface area contributed by atoms with Crippen LogP contribution in [0.2, 0.25) is 0 Å². The third-order valence-corrected chi connectivity index (χ3v) is 6.77. The average Bonchev–Trinajstić information content (AvgIpc) is 3.10. The first-order chi connectivity index (χ1) is 12.8. The molecule has 0 aromatic carbocycles. The normalized spacial score (nSPS) is 27.3. The summed E-state index contributed by atoms with van der Waals surface area (Å²) in [4.78, 5) is 22.1. The van der Waals surface area contributed by atoms with E-state index in [2.05, 4.69) is 14.8 Å². The fourth-order valence-electron chi connectivity index (χ4n) is 5.33. The predicted molar refractivity (Wildman–Crippen MR) is 101 cm³/mol. The van der Waals surface area contributed by atoms with Crippen LogP contribution in [0, 0.1) is 11.8 Å². The lowest BCUT2D eigenvalue weighted by Crippen LogP contribution is -2.64. The van der Waals surface area contributed by atoms with E-state index in [9.17, 15) is 4.79 Å². The molecule has 1 aliphatic carbocycles. The maximum Gasteiger partial charge on any atom is 0.272 e.